The highest BCUT2D eigenvalue weighted by molar-refractivity contribution is 5.94. The van der Waals surface area contributed by atoms with Gasteiger partial charge in [0, 0.05) is 30.0 Å². The molecular formula is C27H25N3O4. The molecule has 172 valence electrons. The number of amides is 1. The second-order valence-electron chi connectivity index (χ2n) is 8.44. The van der Waals surface area contributed by atoms with Crippen LogP contribution in [0.25, 0.3) is 10.9 Å². The molecule has 1 unspecified atom stereocenters. The van der Waals surface area contributed by atoms with Crippen LogP contribution in [0.1, 0.15) is 38.7 Å². The van der Waals surface area contributed by atoms with Crippen molar-refractivity contribution in [2.45, 2.75) is 19.4 Å². The van der Waals surface area contributed by atoms with Crippen LogP contribution >= 0.6 is 0 Å². The molecular weight excluding hydrogens is 430 g/mol. The van der Waals surface area contributed by atoms with E-state index in [2.05, 4.69) is 9.97 Å². The molecule has 3 heterocycles. The lowest BCUT2D eigenvalue weighted by Gasteiger charge is -2.37. The van der Waals surface area contributed by atoms with E-state index in [9.17, 15) is 9.59 Å². The predicted octanol–water partition coefficient (Wildman–Crippen LogP) is 4.04. The number of aromatic amines is 1. The first-order valence-electron chi connectivity index (χ1n) is 11.1. The van der Waals surface area contributed by atoms with E-state index in [-0.39, 0.29) is 11.5 Å². The Morgan fingerprint density at radius 1 is 1.06 bits per heavy atom. The number of carbonyl (C=O) groups excluding carboxylic acids is 1. The number of nitrogens with zero attached hydrogens (tertiary/aromatic N) is 2. The molecule has 0 bridgehead atoms. The quantitative estimate of drug-likeness (QED) is 0.502. The minimum Gasteiger partial charge on any atom is -0.493 e. The molecule has 1 N–H and O–H groups in total. The number of carbonyl (C=O) groups is 1. The van der Waals surface area contributed by atoms with Crippen molar-refractivity contribution in [3.8, 4) is 11.5 Å². The van der Waals surface area contributed by atoms with Crippen LogP contribution in [0.2, 0.25) is 0 Å². The second-order valence-corrected chi connectivity index (χ2v) is 8.44. The van der Waals surface area contributed by atoms with Crippen LogP contribution in [0, 0.1) is 6.92 Å². The molecule has 34 heavy (non-hydrogen) atoms. The molecule has 4 aromatic rings. The van der Waals surface area contributed by atoms with Gasteiger partial charge in [0.05, 0.1) is 25.8 Å². The van der Waals surface area contributed by atoms with Gasteiger partial charge in [-0.1, -0.05) is 11.6 Å². The van der Waals surface area contributed by atoms with E-state index >= 15 is 0 Å². The zero-order valence-electron chi connectivity index (χ0n) is 19.3. The van der Waals surface area contributed by atoms with Crippen LogP contribution in [0.3, 0.4) is 0 Å². The van der Waals surface area contributed by atoms with E-state index in [1.54, 1.807) is 43.6 Å². The predicted molar refractivity (Wildman–Crippen MR) is 130 cm³/mol. The number of nitrogens with one attached hydrogen (secondary N) is 1. The van der Waals surface area contributed by atoms with Gasteiger partial charge in [-0.05, 0) is 72.3 Å². The molecule has 0 aliphatic carbocycles. The molecule has 0 saturated carbocycles. The Morgan fingerprint density at radius 3 is 2.59 bits per heavy atom. The van der Waals surface area contributed by atoms with Gasteiger partial charge in [-0.25, -0.2) is 0 Å². The number of fused-ring (bicyclic) bond motifs is 2. The maximum Gasteiger partial charge on any atom is 0.256 e. The van der Waals surface area contributed by atoms with Gasteiger partial charge >= 0.3 is 0 Å². The van der Waals surface area contributed by atoms with Crippen molar-refractivity contribution in [3.05, 3.63) is 99.1 Å². The van der Waals surface area contributed by atoms with Crippen molar-refractivity contribution in [2.75, 3.05) is 20.8 Å². The number of aryl methyl sites for hydroxylation is 1. The topological polar surface area (TPSA) is 84.5 Å². The fourth-order valence-electron chi connectivity index (χ4n) is 4.70. The Hall–Kier alpha value is -4.13. The summed E-state index contributed by atoms with van der Waals surface area (Å²) >= 11 is 0. The number of ether oxygens (including phenoxy) is 2. The molecule has 2 aromatic carbocycles. The van der Waals surface area contributed by atoms with E-state index in [0.29, 0.717) is 35.6 Å². The highest BCUT2D eigenvalue weighted by atomic mass is 16.5. The van der Waals surface area contributed by atoms with Crippen LogP contribution in [0.15, 0.2) is 65.7 Å². The maximum atomic E-state index is 13.6. The third-order valence-electron chi connectivity index (χ3n) is 6.37. The summed E-state index contributed by atoms with van der Waals surface area (Å²) < 4.78 is 11.1. The third-order valence-corrected chi connectivity index (χ3v) is 6.37. The molecule has 7 nitrogen and oxygen atoms in total. The maximum absolute atomic E-state index is 13.6. The van der Waals surface area contributed by atoms with Gasteiger partial charge < -0.3 is 19.4 Å². The molecule has 1 amide bonds. The van der Waals surface area contributed by atoms with Crippen molar-refractivity contribution < 1.29 is 14.3 Å². The number of methoxy groups -OCH3 is 2. The zero-order valence-corrected chi connectivity index (χ0v) is 19.3. The highest BCUT2D eigenvalue weighted by Gasteiger charge is 2.35. The smallest absolute Gasteiger partial charge is 0.256 e. The second kappa shape index (κ2) is 8.67. The van der Waals surface area contributed by atoms with E-state index < -0.39 is 6.04 Å². The fraction of sp³-hybridized carbons (Fsp3) is 0.222. The minimum atomic E-state index is -0.593. The molecule has 5 rings (SSSR count). The molecule has 0 saturated heterocycles. The molecule has 1 atom stereocenters. The SMILES string of the molecule is COc1cc2c(cc1OC)C(c1cc3cc(C)ccc3[nH]c1=O)N(C(=O)c1cccnc1)CC2. The van der Waals surface area contributed by atoms with Gasteiger partial charge in [0.1, 0.15) is 0 Å². The van der Waals surface area contributed by atoms with Gasteiger partial charge in [0.15, 0.2) is 11.5 Å². The molecule has 1 aliphatic rings. The number of H-pyrrole nitrogens is 1. The summed E-state index contributed by atoms with van der Waals surface area (Å²) in [5, 5.41) is 0.913. The van der Waals surface area contributed by atoms with Crippen LogP contribution in [0.5, 0.6) is 11.5 Å². The normalized spacial score (nSPS) is 15.1. The fourth-order valence-corrected chi connectivity index (χ4v) is 4.70. The lowest BCUT2D eigenvalue weighted by Crippen LogP contribution is -2.42. The first-order valence-corrected chi connectivity index (χ1v) is 11.1. The van der Waals surface area contributed by atoms with Gasteiger partial charge in [-0.2, -0.15) is 0 Å². The first kappa shape index (κ1) is 21.7. The highest BCUT2D eigenvalue weighted by Crippen LogP contribution is 2.41. The van der Waals surface area contributed by atoms with Gasteiger partial charge in [-0.3, -0.25) is 14.6 Å². The summed E-state index contributed by atoms with van der Waals surface area (Å²) in [6, 6.07) is 14.5. The third kappa shape index (κ3) is 3.69. The average molecular weight is 456 g/mol. The Kier molecular flexibility index (Phi) is 5.53. The van der Waals surface area contributed by atoms with Gasteiger partial charge in [0.25, 0.3) is 11.5 Å². The molecule has 1 aliphatic heterocycles. The molecule has 0 spiro atoms. The van der Waals surface area contributed by atoms with Crippen LogP contribution in [-0.4, -0.2) is 41.5 Å². The van der Waals surface area contributed by atoms with Crippen LogP contribution < -0.4 is 15.0 Å². The molecule has 0 radical (unpaired) electrons. The van der Waals surface area contributed by atoms with E-state index in [1.807, 2.05) is 43.3 Å². The van der Waals surface area contributed by atoms with Crippen molar-refractivity contribution >= 4 is 16.8 Å². The molecule has 2 aromatic heterocycles. The minimum absolute atomic E-state index is 0.178. The Labute approximate surface area is 197 Å². The lowest BCUT2D eigenvalue weighted by atomic mass is 9.87. The van der Waals surface area contributed by atoms with E-state index in [1.165, 1.54) is 0 Å². The summed E-state index contributed by atoms with van der Waals surface area (Å²) in [4.78, 5) is 35.8. The summed E-state index contributed by atoms with van der Waals surface area (Å²) in [5.41, 5.74) is 4.46. The zero-order chi connectivity index (χ0) is 23.8. The average Bonchev–Trinajstić information content (AvgIpc) is 2.87. The molecule has 0 fully saturated rings. The van der Waals surface area contributed by atoms with Crippen molar-refractivity contribution in [1.29, 1.82) is 0 Å². The van der Waals surface area contributed by atoms with E-state index in [0.717, 1.165) is 27.6 Å². The Morgan fingerprint density at radius 2 is 1.85 bits per heavy atom. The molecule has 7 heteroatoms. The lowest BCUT2D eigenvalue weighted by molar-refractivity contribution is 0.0693. The van der Waals surface area contributed by atoms with Crippen molar-refractivity contribution in [2.24, 2.45) is 0 Å². The summed E-state index contributed by atoms with van der Waals surface area (Å²) in [5.74, 6) is 0.993. The number of benzene rings is 2. The standard InChI is InChI=1S/C27H25N3O4/c1-16-6-7-22-19(11-16)12-21(26(31)29-22)25-20-14-24(34-3)23(33-2)13-17(20)8-10-30(25)27(32)18-5-4-9-28-15-18/h4-7,9,11-15,25H,8,10H2,1-3H3,(H,29,31). The Balaban J connectivity index is 1.74. The first-order chi connectivity index (χ1) is 16.5. The monoisotopic (exact) mass is 455 g/mol. The van der Waals surface area contributed by atoms with Gasteiger partial charge in [0.2, 0.25) is 0 Å². The number of pyridine rings is 2. The summed E-state index contributed by atoms with van der Waals surface area (Å²) in [7, 11) is 3.17. The van der Waals surface area contributed by atoms with Gasteiger partial charge in [-0.15, -0.1) is 0 Å². The van der Waals surface area contributed by atoms with Crippen LogP contribution in [-0.2, 0) is 6.42 Å². The number of hydrogen-bond donors (Lipinski definition) is 1. The summed E-state index contributed by atoms with van der Waals surface area (Å²) in [6.45, 7) is 2.46. The number of aromatic nitrogens is 2. The number of hydrogen-bond acceptors (Lipinski definition) is 5. The van der Waals surface area contributed by atoms with Crippen LogP contribution in [0.4, 0.5) is 0 Å². The largest absolute Gasteiger partial charge is 0.493 e. The van der Waals surface area contributed by atoms with Crippen molar-refractivity contribution in [1.82, 2.24) is 14.9 Å². The Bertz CT molecular complexity index is 1450. The van der Waals surface area contributed by atoms with Crippen molar-refractivity contribution in [3.63, 3.8) is 0 Å². The number of rotatable bonds is 4. The van der Waals surface area contributed by atoms with E-state index in [4.69, 9.17) is 9.47 Å². The summed E-state index contributed by atoms with van der Waals surface area (Å²) in [6.07, 6.45) is 3.81.